The third-order valence-electron chi connectivity index (χ3n) is 3.83. The van der Waals surface area contributed by atoms with Gasteiger partial charge >= 0.3 is 0 Å². The van der Waals surface area contributed by atoms with Crippen LogP contribution in [-0.2, 0) is 11.3 Å². The standard InChI is InChI=1S/C13H15NO2/c15-12-10-6-7-11(10)13(16)14(12)8-9-4-2-1-3-5-9/h1-5,10-12,15H,6-8H2. The first-order chi connectivity index (χ1) is 7.77. The number of aliphatic hydroxyl groups excluding tert-OH is 1. The van der Waals surface area contributed by atoms with Crippen molar-refractivity contribution in [2.45, 2.75) is 25.6 Å². The lowest BCUT2D eigenvalue weighted by Crippen LogP contribution is -2.34. The summed E-state index contributed by atoms with van der Waals surface area (Å²) in [5.74, 6) is 0.419. The molecule has 1 amide bonds. The molecule has 1 aliphatic heterocycles. The van der Waals surface area contributed by atoms with Crippen LogP contribution < -0.4 is 0 Å². The van der Waals surface area contributed by atoms with Gasteiger partial charge in [-0.25, -0.2) is 0 Å². The van der Waals surface area contributed by atoms with Crippen LogP contribution in [0.5, 0.6) is 0 Å². The zero-order valence-electron chi connectivity index (χ0n) is 9.04. The monoisotopic (exact) mass is 217 g/mol. The minimum absolute atomic E-state index is 0.0960. The summed E-state index contributed by atoms with van der Waals surface area (Å²) in [6, 6.07) is 9.84. The van der Waals surface area contributed by atoms with Crippen molar-refractivity contribution in [2.24, 2.45) is 11.8 Å². The van der Waals surface area contributed by atoms with Crippen LogP contribution in [-0.4, -0.2) is 22.1 Å². The third kappa shape index (κ3) is 1.35. The van der Waals surface area contributed by atoms with Crippen LogP contribution in [0.4, 0.5) is 0 Å². The summed E-state index contributed by atoms with van der Waals surface area (Å²) in [7, 11) is 0. The van der Waals surface area contributed by atoms with Crippen LogP contribution in [0.2, 0.25) is 0 Å². The van der Waals surface area contributed by atoms with E-state index in [1.807, 2.05) is 30.3 Å². The molecule has 84 valence electrons. The van der Waals surface area contributed by atoms with E-state index in [4.69, 9.17) is 0 Å². The fourth-order valence-corrected chi connectivity index (χ4v) is 2.72. The second-order valence-corrected chi connectivity index (χ2v) is 4.71. The maximum absolute atomic E-state index is 11.9. The summed E-state index contributed by atoms with van der Waals surface area (Å²) in [5.41, 5.74) is 1.08. The Morgan fingerprint density at radius 1 is 1.25 bits per heavy atom. The molecule has 1 aliphatic carbocycles. The molecule has 0 spiro atoms. The Bertz CT molecular complexity index is 404. The number of likely N-dealkylation sites (tertiary alicyclic amines) is 1. The van der Waals surface area contributed by atoms with Crippen molar-refractivity contribution in [3.05, 3.63) is 35.9 Å². The Kier molecular flexibility index (Phi) is 2.21. The summed E-state index contributed by atoms with van der Waals surface area (Å²) < 4.78 is 0. The predicted molar refractivity (Wildman–Crippen MR) is 59.2 cm³/mol. The molecule has 2 fully saturated rings. The molecule has 1 N–H and O–H groups in total. The first-order valence-corrected chi connectivity index (χ1v) is 5.80. The van der Waals surface area contributed by atoms with Crippen molar-refractivity contribution in [3.63, 3.8) is 0 Å². The Hall–Kier alpha value is -1.35. The van der Waals surface area contributed by atoms with E-state index in [0.29, 0.717) is 6.54 Å². The van der Waals surface area contributed by atoms with Gasteiger partial charge in [0.05, 0.1) is 0 Å². The molecule has 0 bridgehead atoms. The molecule has 1 saturated heterocycles. The number of nitrogens with zero attached hydrogens (tertiary/aromatic N) is 1. The highest BCUT2D eigenvalue weighted by Gasteiger charge is 2.52. The molecule has 0 aromatic heterocycles. The molecule has 1 aromatic rings. The summed E-state index contributed by atoms with van der Waals surface area (Å²) in [6.07, 6.45) is 1.38. The van der Waals surface area contributed by atoms with Crippen molar-refractivity contribution in [1.82, 2.24) is 4.90 Å². The van der Waals surface area contributed by atoms with Crippen LogP contribution in [0.3, 0.4) is 0 Å². The molecule has 3 heteroatoms. The summed E-state index contributed by atoms with van der Waals surface area (Å²) in [6.45, 7) is 0.536. The van der Waals surface area contributed by atoms with Crippen molar-refractivity contribution >= 4 is 5.91 Å². The topological polar surface area (TPSA) is 40.5 Å². The number of hydrogen-bond acceptors (Lipinski definition) is 2. The normalized spacial score (nSPS) is 32.4. The largest absolute Gasteiger partial charge is 0.373 e. The fourth-order valence-electron chi connectivity index (χ4n) is 2.72. The van der Waals surface area contributed by atoms with Gasteiger partial charge < -0.3 is 10.0 Å². The van der Waals surface area contributed by atoms with Gasteiger partial charge in [-0.05, 0) is 18.4 Å². The summed E-state index contributed by atoms with van der Waals surface area (Å²) in [5, 5.41) is 10.0. The van der Waals surface area contributed by atoms with Gasteiger partial charge in [0.1, 0.15) is 6.23 Å². The number of carbonyl (C=O) groups is 1. The second-order valence-electron chi connectivity index (χ2n) is 4.71. The zero-order chi connectivity index (χ0) is 11.1. The molecular formula is C13H15NO2. The minimum Gasteiger partial charge on any atom is -0.373 e. The van der Waals surface area contributed by atoms with E-state index in [9.17, 15) is 9.90 Å². The highest BCUT2D eigenvalue weighted by molar-refractivity contribution is 5.82. The van der Waals surface area contributed by atoms with Crippen molar-refractivity contribution in [2.75, 3.05) is 0 Å². The van der Waals surface area contributed by atoms with E-state index < -0.39 is 6.23 Å². The predicted octanol–water partition coefficient (Wildman–Crippen LogP) is 1.37. The van der Waals surface area contributed by atoms with E-state index in [1.165, 1.54) is 0 Å². The average Bonchev–Trinajstić information content (AvgIpc) is 2.39. The quantitative estimate of drug-likeness (QED) is 0.813. The van der Waals surface area contributed by atoms with Crippen LogP contribution in [0.25, 0.3) is 0 Å². The zero-order valence-corrected chi connectivity index (χ0v) is 9.04. The maximum atomic E-state index is 11.9. The van der Waals surface area contributed by atoms with E-state index in [2.05, 4.69) is 0 Å². The van der Waals surface area contributed by atoms with Crippen molar-refractivity contribution in [1.29, 1.82) is 0 Å². The molecule has 3 rings (SSSR count). The van der Waals surface area contributed by atoms with Gasteiger partial charge in [0.15, 0.2) is 0 Å². The highest BCUT2D eigenvalue weighted by atomic mass is 16.3. The molecule has 3 atom stereocenters. The highest BCUT2D eigenvalue weighted by Crippen LogP contribution is 2.45. The Balaban J connectivity index is 1.78. The van der Waals surface area contributed by atoms with Gasteiger partial charge in [-0.2, -0.15) is 0 Å². The number of hydrogen-bond donors (Lipinski definition) is 1. The molecule has 2 aliphatic rings. The van der Waals surface area contributed by atoms with Crippen molar-refractivity contribution < 1.29 is 9.90 Å². The van der Waals surface area contributed by atoms with E-state index in [0.717, 1.165) is 18.4 Å². The Morgan fingerprint density at radius 3 is 2.50 bits per heavy atom. The van der Waals surface area contributed by atoms with E-state index >= 15 is 0 Å². The lowest BCUT2D eigenvalue weighted by atomic mass is 9.75. The number of amides is 1. The number of benzene rings is 1. The lowest BCUT2D eigenvalue weighted by molar-refractivity contribution is -0.136. The first kappa shape index (κ1) is 9.85. The molecule has 3 unspecified atom stereocenters. The summed E-state index contributed by atoms with van der Waals surface area (Å²) in [4.78, 5) is 13.6. The van der Waals surface area contributed by atoms with Crippen molar-refractivity contribution in [3.8, 4) is 0 Å². The Labute approximate surface area is 94.7 Å². The smallest absolute Gasteiger partial charge is 0.228 e. The minimum atomic E-state index is -0.563. The third-order valence-corrected chi connectivity index (χ3v) is 3.83. The van der Waals surface area contributed by atoms with Crippen LogP contribution in [0.1, 0.15) is 18.4 Å². The van der Waals surface area contributed by atoms with E-state index in [-0.39, 0.29) is 17.7 Å². The molecule has 1 heterocycles. The molecular weight excluding hydrogens is 202 g/mol. The van der Waals surface area contributed by atoms with Gasteiger partial charge in [0.25, 0.3) is 0 Å². The van der Waals surface area contributed by atoms with Crippen LogP contribution in [0, 0.1) is 11.8 Å². The SMILES string of the molecule is O=C1C2CCC2C(O)N1Cc1ccccc1. The molecule has 3 nitrogen and oxygen atoms in total. The molecule has 1 aromatic carbocycles. The van der Waals surface area contributed by atoms with Crippen LogP contribution >= 0.6 is 0 Å². The molecule has 1 saturated carbocycles. The first-order valence-electron chi connectivity index (χ1n) is 5.80. The molecule has 0 radical (unpaired) electrons. The van der Waals surface area contributed by atoms with Crippen LogP contribution in [0.15, 0.2) is 30.3 Å². The van der Waals surface area contributed by atoms with Gasteiger partial charge in [-0.3, -0.25) is 4.79 Å². The lowest BCUT2D eigenvalue weighted by Gasteiger charge is -2.28. The number of carbonyl (C=O) groups excluding carboxylic acids is 1. The fraction of sp³-hybridized carbons (Fsp3) is 0.462. The van der Waals surface area contributed by atoms with Gasteiger partial charge in [-0.1, -0.05) is 30.3 Å². The van der Waals surface area contributed by atoms with Gasteiger partial charge in [0, 0.05) is 18.4 Å². The second kappa shape index (κ2) is 3.59. The number of fused-ring (bicyclic) bond motifs is 1. The summed E-state index contributed by atoms with van der Waals surface area (Å²) >= 11 is 0. The molecule has 16 heavy (non-hydrogen) atoms. The average molecular weight is 217 g/mol. The van der Waals surface area contributed by atoms with Gasteiger partial charge in [-0.15, -0.1) is 0 Å². The Morgan fingerprint density at radius 2 is 2.00 bits per heavy atom. The van der Waals surface area contributed by atoms with Gasteiger partial charge in [0.2, 0.25) is 5.91 Å². The number of aliphatic hydroxyl groups is 1. The van der Waals surface area contributed by atoms with E-state index in [1.54, 1.807) is 4.90 Å². The number of rotatable bonds is 2. The maximum Gasteiger partial charge on any atom is 0.228 e.